The van der Waals surface area contributed by atoms with Gasteiger partial charge < -0.3 is 21.0 Å². The van der Waals surface area contributed by atoms with Gasteiger partial charge in [-0.1, -0.05) is 35.0 Å². The van der Waals surface area contributed by atoms with Crippen LogP contribution in [0.25, 0.3) is 0 Å². The van der Waals surface area contributed by atoms with Crippen molar-refractivity contribution in [1.82, 2.24) is 15.2 Å². The van der Waals surface area contributed by atoms with E-state index in [1.807, 2.05) is 35.2 Å². The highest BCUT2D eigenvalue weighted by atomic mass is 35.5. The number of nitrogen functional groups attached to an aromatic ring is 1. The third-order valence-electron chi connectivity index (χ3n) is 5.97. The molecule has 1 saturated heterocycles. The first kappa shape index (κ1) is 26.7. The molecule has 14 heteroatoms. The number of carbonyl (C=O) groups is 3. The molecule has 1 unspecified atom stereocenters. The van der Waals surface area contributed by atoms with Crippen molar-refractivity contribution in [2.75, 3.05) is 11.5 Å². The Labute approximate surface area is 235 Å². The van der Waals surface area contributed by atoms with Crippen molar-refractivity contribution in [3.05, 3.63) is 87.8 Å². The molecule has 2 aliphatic rings. The Bertz CT molecular complexity index is 1480. The zero-order valence-corrected chi connectivity index (χ0v) is 22.6. The van der Waals surface area contributed by atoms with Crippen LogP contribution in [0.1, 0.15) is 11.3 Å². The minimum absolute atomic E-state index is 0.0573. The molecule has 11 nitrogen and oxygen atoms in total. The third kappa shape index (κ3) is 5.75. The number of rotatable bonds is 9. The van der Waals surface area contributed by atoms with E-state index in [1.54, 1.807) is 29.6 Å². The van der Waals surface area contributed by atoms with Gasteiger partial charge in [-0.05, 0) is 17.7 Å². The smallest absolute Gasteiger partial charge is 0.352 e. The predicted octanol–water partition coefficient (Wildman–Crippen LogP) is 2.03. The van der Waals surface area contributed by atoms with Crippen molar-refractivity contribution in [1.29, 1.82) is 0 Å². The van der Waals surface area contributed by atoms with E-state index in [4.69, 9.17) is 22.2 Å². The molecule has 2 aromatic heterocycles. The molecular weight excluding hydrogens is 564 g/mol. The van der Waals surface area contributed by atoms with Crippen LogP contribution in [-0.4, -0.2) is 55.7 Å². The van der Waals surface area contributed by atoms with Crippen LogP contribution in [-0.2, 0) is 32.4 Å². The number of thiazole rings is 1. The minimum atomic E-state index is -1.19. The van der Waals surface area contributed by atoms with Gasteiger partial charge >= 0.3 is 5.97 Å². The zero-order valence-electron chi connectivity index (χ0n) is 20.2. The summed E-state index contributed by atoms with van der Waals surface area (Å²) in [4.78, 5) is 49.3. The average Bonchev–Trinajstić information content (AvgIpc) is 3.36. The molecule has 2 atom stereocenters. The lowest BCUT2D eigenvalue weighted by Gasteiger charge is -2.49. The maximum absolute atomic E-state index is 13.3. The highest BCUT2D eigenvalue weighted by Gasteiger charge is 2.54. The van der Waals surface area contributed by atoms with Crippen molar-refractivity contribution in [2.24, 2.45) is 5.16 Å². The van der Waals surface area contributed by atoms with Gasteiger partial charge in [0.1, 0.15) is 29.4 Å². The lowest BCUT2D eigenvalue weighted by atomic mass is 10.0. The first-order valence-electron chi connectivity index (χ1n) is 11.6. The van der Waals surface area contributed by atoms with Gasteiger partial charge in [-0.25, -0.2) is 14.3 Å². The van der Waals surface area contributed by atoms with E-state index in [9.17, 15) is 19.5 Å². The van der Waals surface area contributed by atoms with Crippen LogP contribution in [0, 0.1) is 0 Å². The summed E-state index contributed by atoms with van der Waals surface area (Å²) in [5, 5.41) is 18.4. The number of nitrogens with one attached hydrogen (secondary N) is 1. The van der Waals surface area contributed by atoms with Gasteiger partial charge in [0.25, 0.3) is 11.8 Å². The van der Waals surface area contributed by atoms with Crippen molar-refractivity contribution in [3.63, 3.8) is 0 Å². The number of amides is 2. The standard InChI is InChI=1S/C25H21ClN6O5S2/c26-16-6-4-14(5-7-16)11-37-30-18(17-13-39-25(27)28-17)21(33)29-19-22(34)32-20(24(35)36)15(12-38-23(19)32)10-31-8-2-1-3-9-31/h1-9,13,19,23H,10-12H2,(H3-,27,28,29,33,35,36)/p+1/t19?,23-/m1/s1. The zero-order chi connectivity index (χ0) is 27.5. The molecule has 4 N–H and O–H groups in total. The monoisotopic (exact) mass is 585 g/mol. The summed E-state index contributed by atoms with van der Waals surface area (Å²) in [6, 6.07) is 11.5. The molecule has 4 heterocycles. The fourth-order valence-corrected chi connectivity index (χ4v) is 6.14. The van der Waals surface area contributed by atoms with E-state index in [-0.39, 0.29) is 28.8 Å². The number of oxime groups is 1. The minimum Gasteiger partial charge on any atom is -0.477 e. The predicted molar refractivity (Wildman–Crippen MR) is 146 cm³/mol. The highest BCUT2D eigenvalue weighted by molar-refractivity contribution is 8.00. The maximum atomic E-state index is 13.3. The molecule has 0 aliphatic carbocycles. The Balaban J connectivity index is 1.32. The molecule has 3 aromatic rings. The number of β-lactam (4-membered cyclic amide) rings is 1. The number of thioether (sulfide) groups is 1. The van der Waals surface area contributed by atoms with Gasteiger partial charge in [0.05, 0.1) is 0 Å². The van der Waals surface area contributed by atoms with Gasteiger partial charge in [0.15, 0.2) is 29.8 Å². The van der Waals surface area contributed by atoms with Crippen molar-refractivity contribution < 1.29 is 28.9 Å². The number of carbonyl (C=O) groups excluding carboxylic acids is 2. The summed E-state index contributed by atoms with van der Waals surface area (Å²) < 4.78 is 1.84. The topological polar surface area (TPSA) is 151 Å². The van der Waals surface area contributed by atoms with E-state index >= 15 is 0 Å². The number of hydrogen-bond donors (Lipinski definition) is 3. The molecule has 0 radical (unpaired) electrons. The fraction of sp³-hybridized carbons (Fsp3) is 0.200. The summed E-state index contributed by atoms with van der Waals surface area (Å²) in [7, 11) is 0. The number of halogens is 1. The molecule has 2 amide bonds. The maximum Gasteiger partial charge on any atom is 0.352 e. The number of nitrogens with two attached hydrogens (primary N) is 1. The number of nitrogens with zero attached hydrogens (tertiary/aromatic N) is 4. The van der Waals surface area contributed by atoms with E-state index in [0.717, 1.165) is 16.9 Å². The molecule has 0 saturated carbocycles. The fourth-order valence-electron chi connectivity index (χ4n) is 4.13. The number of carboxylic acids is 1. The first-order chi connectivity index (χ1) is 18.8. The summed E-state index contributed by atoms with van der Waals surface area (Å²) >= 11 is 8.42. The number of aromatic nitrogens is 2. The summed E-state index contributed by atoms with van der Waals surface area (Å²) in [6.45, 7) is 0.396. The highest BCUT2D eigenvalue weighted by Crippen LogP contribution is 2.40. The number of anilines is 1. The molecule has 200 valence electrons. The van der Waals surface area contributed by atoms with Crippen LogP contribution < -0.4 is 15.6 Å². The quantitative estimate of drug-likeness (QED) is 0.149. The normalized spacial score (nSPS) is 18.8. The Hall–Kier alpha value is -3.94. The number of benzene rings is 1. The van der Waals surface area contributed by atoms with E-state index in [0.29, 0.717) is 22.9 Å². The van der Waals surface area contributed by atoms with Crippen LogP contribution in [0.15, 0.2) is 76.7 Å². The van der Waals surface area contributed by atoms with Crippen LogP contribution in [0.5, 0.6) is 0 Å². The van der Waals surface area contributed by atoms with Crippen molar-refractivity contribution in [2.45, 2.75) is 24.6 Å². The van der Waals surface area contributed by atoms with Crippen LogP contribution in [0.2, 0.25) is 5.02 Å². The van der Waals surface area contributed by atoms with Crippen molar-refractivity contribution in [3.8, 4) is 0 Å². The summed E-state index contributed by atoms with van der Waals surface area (Å²) in [5.41, 5.74) is 7.12. The Morgan fingerprint density at radius 3 is 2.67 bits per heavy atom. The number of aliphatic carboxylic acids is 1. The number of hydrogen-bond acceptors (Lipinski definition) is 9. The van der Waals surface area contributed by atoms with E-state index in [2.05, 4.69) is 15.5 Å². The first-order valence-corrected chi connectivity index (χ1v) is 13.9. The third-order valence-corrected chi connectivity index (χ3v) is 8.23. The molecule has 5 rings (SSSR count). The average molecular weight is 586 g/mol. The number of fused-ring (bicyclic) bond motifs is 1. The SMILES string of the molecule is Nc1nc(C(=NOCc2ccc(Cl)cc2)C(=O)NC2C(=O)N3C(C(=O)O)=C(C[n+]4ccccc4)CS[C@H]23)cs1. The van der Waals surface area contributed by atoms with Gasteiger partial charge in [0.2, 0.25) is 0 Å². The summed E-state index contributed by atoms with van der Waals surface area (Å²) in [6.07, 6.45) is 3.65. The second kappa shape index (κ2) is 11.4. The van der Waals surface area contributed by atoms with Crippen LogP contribution in [0.3, 0.4) is 0 Å². The second-order valence-corrected chi connectivity index (χ2v) is 11.0. The van der Waals surface area contributed by atoms with Crippen LogP contribution >= 0.6 is 34.7 Å². The van der Waals surface area contributed by atoms with Crippen LogP contribution in [0.4, 0.5) is 5.13 Å². The van der Waals surface area contributed by atoms with Crippen molar-refractivity contribution >= 4 is 63.3 Å². The number of carboxylic acid groups (broad SMARTS) is 1. The molecule has 0 spiro atoms. The number of pyridine rings is 1. The van der Waals surface area contributed by atoms with Gasteiger partial charge in [-0.15, -0.1) is 23.1 Å². The second-order valence-electron chi connectivity index (χ2n) is 8.58. The Morgan fingerprint density at radius 2 is 2.00 bits per heavy atom. The molecule has 1 aromatic carbocycles. The summed E-state index contributed by atoms with van der Waals surface area (Å²) in [5.74, 6) is -2.02. The van der Waals surface area contributed by atoms with Gasteiger partial charge in [-0.3, -0.25) is 14.5 Å². The lowest BCUT2D eigenvalue weighted by Crippen LogP contribution is -2.71. The Kier molecular flexibility index (Phi) is 7.82. The molecular formula is C25H22ClN6O5S2+. The van der Waals surface area contributed by atoms with Gasteiger partial charge in [0, 0.05) is 33.9 Å². The lowest BCUT2D eigenvalue weighted by molar-refractivity contribution is -0.689. The molecule has 1 fully saturated rings. The molecule has 39 heavy (non-hydrogen) atoms. The Morgan fingerprint density at radius 1 is 1.26 bits per heavy atom. The molecule has 0 bridgehead atoms. The molecule has 2 aliphatic heterocycles. The van der Waals surface area contributed by atoms with Gasteiger partial charge in [-0.2, -0.15) is 0 Å². The van der Waals surface area contributed by atoms with E-state index < -0.39 is 29.2 Å². The van der Waals surface area contributed by atoms with E-state index in [1.165, 1.54) is 16.7 Å². The largest absolute Gasteiger partial charge is 0.477 e.